The number of imide groups is 1. The van der Waals surface area contributed by atoms with Gasteiger partial charge >= 0.3 is 13.8 Å². The fraction of sp³-hybridized carbons (Fsp3) is 0.176. The largest absolute Gasteiger partial charge is 0.443 e. The Labute approximate surface area is 144 Å². The molecule has 1 aliphatic heterocycles. The summed E-state index contributed by atoms with van der Waals surface area (Å²) < 4.78 is 17.4. The molecule has 1 atom stereocenters. The summed E-state index contributed by atoms with van der Waals surface area (Å²) in [7, 11) is -4.60. The molecule has 0 bridgehead atoms. The number of amides is 3. The number of carbonyl (C=O) groups excluding carboxylic acids is 2. The van der Waals surface area contributed by atoms with Gasteiger partial charge in [0.15, 0.2) is 5.54 Å². The molecule has 0 saturated carbocycles. The standard InChI is InChI=1S/C17H17N2O5P/c1-2-24-25(22,23)19-15(20)17(18-16(19)21,13-9-5-3-6-10-13)14-11-7-4-8-12-14/h3-12H,2H2,1H3,(H,18,21)(H,22,23). The van der Waals surface area contributed by atoms with Gasteiger partial charge in [-0.2, -0.15) is 4.67 Å². The van der Waals surface area contributed by atoms with Gasteiger partial charge in [0.1, 0.15) is 0 Å². The van der Waals surface area contributed by atoms with Crippen molar-refractivity contribution in [3.63, 3.8) is 0 Å². The minimum Gasteiger partial charge on any atom is -0.315 e. The van der Waals surface area contributed by atoms with Crippen LogP contribution in [-0.2, 0) is 19.4 Å². The van der Waals surface area contributed by atoms with Crippen LogP contribution in [0.5, 0.6) is 0 Å². The Hall–Kier alpha value is -2.47. The van der Waals surface area contributed by atoms with Gasteiger partial charge in [-0.1, -0.05) is 60.7 Å². The molecule has 0 aromatic heterocycles. The van der Waals surface area contributed by atoms with Crippen LogP contribution < -0.4 is 5.32 Å². The van der Waals surface area contributed by atoms with E-state index in [1.807, 2.05) is 0 Å². The van der Waals surface area contributed by atoms with Crippen molar-refractivity contribution in [2.75, 3.05) is 6.61 Å². The summed E-state index contributed by atoms with van der Waals surface area (Å²) in [6, 6.07) is 16.2. The number of nitrogens with one attached hydrogen (secondary N) is 1. The van der Waals surface area contributed by atoms with Crippen LogP contribution >= 0.6 is 7.75 Å². The third kappa shape index (κ3) is 2.76. The highest BCUT2D eigenvalue weighted by Crippen LogP contribution is 2.52. The molecule has 1 saturated heterocycles. The summed E-state index contributed by atoms with van der Waals surface area (Å²) in [6.07, 6.45) is 0. The zero-order valence-corrected chi connectivity index (χ0v) is 14.3. The van der Waals surface area contributed by atoms with Gasteiger partial charge in [0, 0.05) is 0 Å². The first-order valence-corrected chi connectivity index (χ1v) is 9.22. The molecule has 1 aliphatic rings. The summed E-state index contributed by atoms with van der Waals surface area (Å²) in [5.74, 6) is -0.853. The number of hydrogen-bond donors (Lipinski definition) is 2. The number of rotatable bonds is 5. The minimum absolute atomic E-state index is 0.117. The first-order chi connectivity index (χ1) is 11.9. The number of nitrogens with zero attached hydrogens (tertiary/aromatic N) is 1. The predicted molar refractivity (Wildman–Crippen MR) is 90.5 cm³/mol. The van der Waals surface area contributed by atoms with Crippen LogP contribution in [0.15, 0.2) is 60.7 Å². The maximum atomic E-state index is 13.2. The van der Waals surface area contributed by atoms with E-state index in [1.165, 1.54) is 6.92 Å². The van der Waals surface area contributed by atoms with E-state index >= 15 is 0 Å². The van der Waals surface area contributed by atoms with Gasteiger partial charge in [0.05, 0.1) is 6.61 Å². The van der Waals surface area contributed by atoms with E-state index in [0.29, 0.717) is 11.1 Å². The van der Waals surface area contributed by atoms with Gasteiger partial charge in [-0.15, -0.1) is 0 Å². The van der Waals surface area contributed by atoms with E-state index in [-0.39, 0.29) is 11.3 Å². The zero-order valence-electron chi connectivity index (χ0n) is 13.5. The lowest BCUT2D eigenvalue weighted by Gasteiger charge is -2.28. The summed E-state index contributed by atoms with van der Waals surface area (Å²) in [5.41, 5.74) is -0.619. The topological polar surface area (TPSA) is 95.9 Å². The Balaban J connectivity index is 2.20. The molecular weight excluding hydrogens is 343 g/mol. The molecule has 2 aromatic rings. The van der Waals surface area contributed by atoms with Crippen LogP contribution in [0.25, 0.3) is 0 Å². The van der Waals surface area contributed by atoms with Crippen molar-refractivity contribution in [1.82, 2.24) is 9.99 Å². The Kier molecular flexibility index (Phi) is 4.47. The quantitative estimate of drug-likeness (QED) is 0.631. The molecule has 7 nitrogen and oxygen atoms in total. The normalized spacial score (nSPS) is 18.7. The number of urea groups is 1. The van der Waals surface area contributed by atoms with Crippen LogP contribution in [0.3, 0.4) is 0 Å². The molecule has 2 N–H and O–H groups in total. The molecule has 8 heteroatoms. The minimum atomic E-state index is -4.60. The van der Waals surface area contributed by atoms with Gasteiger partial charge in [-0.25, -0.2) is 9.36 Å². The fourth-order valence-corrected chi connectivity index (χ4v) is 4.02. The second kappa shape index (κ2) is 6.44. The maximum absolute atomic E-state index is 13.2. The van der Waals surface area contributed by atoms with Crippen molar-refractivity contribution < 1.29 is 23.6 Å². The lowest BCUT2D eigenvalue weighted by molar-refractivity contribution is -0.127. The van der Waals surface area contributed by atoms with Crippen molar-refractivity contribution in [2.24, 2.45) is 0 Å². The van der Waals surface area contributed by atoms with E-state index in [2.05, 4.69) is 5.32 Å². The highest BCUT2D eigenvalue weighted by molar-refractivity contribution is 7.52. The van der Waals surface area contributed by atoms with Crippen LogP contribution in [0.2, 0.25) is 0 Å². The predicted octanol–water partition coefficient (Wildman–Crippen LogP) is 2.62. The highest BCUT2D eigenvalue weighted by atomic mass is 31.2. The van der Waals surface area contributed by atoms with Gasteiger partial charge in [0.25, 0.3) is 5.91 Å². The Morgan fingerprint density at radius 3 is 1.96 bits per heavy atom. The van der Waals surface area contributed by atoms with Crippen molar-refractivity contribution in [2.45, 2.75) is 12.5 Å². The molecular formula is C17H17N2O5P. The molecule has 0 radical (unpaired) electrons. The molecule has 1 unspecified atom stereocenters. The second-order valence-electron chi connectivity index (χ2n) is 5.44. The molecule has 25 heavy (non-hydrogen) atoms. The summed E-state index contributed by atoms with van der Waals surface area (Å²) >= 11 is 0. The van der Waals surface area contributed by atoms with E-state index < -0.39 is 25.2 Å². The van der Waals surface area contributed by atoms with Gasteiger partial charge in [-0.05, 0) is 18.1 Å². The number of carbonyl (C=O) groups is 2. The summed E-state index contributed by atoms with van der Waals surface area (Å²) in [5, 5.41) is 2.59. The van der Waals surface area contributed by atoms with Crippen LogP contribution in [-0.4, -0.2) is 28.1 Å². The summed E-state index contributed by atoms with van der Waals surface area (Å²) in [6.45, 7) is 1.39. The monoisotopic (exact) mass is 360 g/mol. The molecule has 1 heterocycles. The molecule has 0 spiro atoms. The highest BCUT2D eigenvalue weighted by Gasteiger charge is 2.59. The third-order valence-corrected chi connectivity index (χ3v) is 5.43. The number of hydrogen-bond acceptors (Lipinski definition) is 4. The molecule has 2 aromatic carbocycles. The van der Waals surface area contributed by atoms with Crippen LogP contribution in [0.4, 0.5) is 4.79 Å². The molecule has 130 valence electrons. The molecule has 3 amide bonds. The average Bonchev–Trinajstić information content (AvgIpc) is 2.88. The van der Waals surface area contributed by atoms with E-state index in [9.17, 15) is 19.0 Å². The fourth-order valence-electron chi connectivity index (χ4n) is 2.91. The lowest BCUT2D eigenvalue weighted by atomic mass is 9.83. The van der Waals surface area contributed by atoms with Crippen LogP contribution in [0, 0.1) is 0 Å². The SMILES string of the molecule is CCOP(=O)(O)N1C(=O)NC(c2ccccc2)(c2ccccc2)C1=O. The van der Waals surface area contributed by atoms with Crippen molar-refractivity contribution in [3.8, 4) is 0 Å². The third-order valence-electron chi connectivity index (χ3n) is 3.96. The first-order valence-electron chi connectivity index (χ1n) is 7.69. The second-order valence-corrected chi connectivity index (χ2v) is 7.08. The molecule has 3 rings (SSSR count). The van der Waals surface area contributed by atoms with Crippen molar-refractivity contribution >= 4 is 19.7 Å². The molecule has 0 aliphatic carbocycles. The average molecular weight is 360 g/mol. The Morgan fingerprint density at radius 2 is 1.52 bits per heavy atom. The summed E-state index contributed by atoms with van der Waals surface area (Å²) in [4.78, 5) is 35.7. The van der Waals surface area contributed by atoms with E-state index in [4.69, 9.17) is 4.52 Å². The van der Waals surface area contributed by atoms with Crippen molar-refractivity contribution in [1.29, 1.82) is 0 Å². The lowest BCUT2D eigenvalue weighted by Crippen LogP contribution is -2.44. The maximum Gasteiger partial charge on any atom is 0.443 e. The smallest absolute Gasteiger partial charge is 0.315 e. The van der Waals surface area contributed by atoms with Gasteiger partial charge in [-0.3, -0.25) is 9.32 Å². The number of benzene rings is 2. The Bertz CT molecular complexity index is 801. The van der Waals surface area contributed by atoms with E-state index in [1.54, 1.807) is 60.7 Å². The van der Waals surface area contributed by atoms with Gasteiger partial charge in [0.2, 0.25) is 0 Å². The Morgan fingerprint density at radius 1 is 1.04 bits per heavy atom. The van der Waals surface area contributed by atoms with Crippen molar-refractivity contribution in [3.05, 3.63) is 71.8 Å². The van der Waals surface area contributed by atoms with Gasteiger partial charge < -0.3 is 10.2 Å². The first kappa shape index (κ1) is 17.4. The van der Waals surface area contributed by atoms with Crippen LogP contribution in [0.1, 0.15) is 18.1 Å². The molecule has 1 fully saturated rings. The van der Waals surface area contributed by atoms with E-state index in [0.717, 1.165) is 0 Å². The zero-order chi connectivity index (χ0) is 18.1.